The summed E-state index contributed by atoms with van der Waals surface area (Å²) < 4.78 is 0. The Kier molecular flexibility index (Phi) is 9.57. The van der Waals surface area contributed by atoms with Crippen LogP contribution in [0, 0.1) is 17.8 Å². The summed E-state index contributed by atoms with van der Waals surface area (Å²) in [6.07, 6.45) is 12.5. The van der Waals surface area contributed by atoms with Crippen LogP contribution in [0.15, 0.2) is 30.3 Å². The molecule has 0 radical (unpaired) electrons. The highest BCUT2D eigenvalue weighted by atomic mass is 16.2. The molecule has 32 heavy (non-hydrogen) atoms. The Morgan fingerprint density at radius 3 is 2.34 bits per heavy atom. The van der Waals surface area contributed by atoms with Crippen molar-refractivity contribution < 1.29 is 14.4 Å². The third kappa shape index (κ3) is 7.64. The maximum absolute atomic E-state index is 13.0. The molecule has 0 saturated heterocycles. The highest BCUT2D eigenvalue weighted by Gasteiger charge is 2.30. The minimum Gasteiger partial charge on any atom is -0.369 e. The molecule has 1 aromatic carbocycles. The van der Waals surface area contributed by atoms with Gasteiger partial charge in [-0.05, 0) is 43.6 Å². The van der Waals surface area contributed by atoms with Gasteiger partial charge in [-0.3, -0.25) is 14.4 Å². The molecule has 1 aromatic rings. The molecule has 0 aliphatic heterocycles. The van der Waals surface area contributed by atoms with Gasteiger partial charge < -0.3 is 16.4 Å². The summed E-state index contributed by atoms with van der Waals surface area (Å²) in [5.74, 6) is -0.401. The van der Waals surface area contributed by atoms with Crippen molar-refractivity contribution in [1.82, 2.24) is 10.6 Å². The Morgan fingerprint density at radius 1 is 0.938 bits per heavy atom. The topological polar surface area (TPSA) is 101 Å². The van der Waals surface area contributed by atoms with Gasteiger partial charge >= 0.3 is 0 Å². The van der Waals surface area contributed by atoms with Crippen molar-refractivity contribution in [3.63, 3.8) is 0 Å². The van der Waals surface area contributed by atoms with Crippen LogP contribution in [-0.4, -0.2) is 30.3 Å². The van der Waals surface area contributed by atoms with Crippen LogP contribution in [-0.2, 0) is 20.8 Å². The van der Waals surface area contributed by atoms with E-state index in [1.807, 2.05) is 18.2 Å². The quantitative estimate of drug-likeness (QED) is 0.518. The zero-order valence-electron chi connectivity index (χ0n) is 19.2. The number of nitrogens with one attached hydrogen (secondary N) is 2. The first-order valence-electron chi connectivity index (χ1n) is 12.4. The van der Waals surface area contributed by atoms with E-state index in [2.05, 4.69) is 22.8 Å². The number of hydrogen-bond acceptors (Lipinski definition) is 3. The number of nitrogens with two attached hydrogens (primary N) is 1. The number of amides is 3. The second-order valence-corrected chi connectivity index (χ2v) is 9.65. The minimum absolute atomic E-state index is 0.0600. The molecule has 4 N–H and O–H groups in total. The number of benzene rings is 1. The minimum atomic E-state index is -0.357. The standard InChI is InChI=1S/C26H39N3O3/c27-25(31)22-13-7-8-14-23(22)29-24(30)18-28-26(32)21(17-20-11-5-2-6-12-20)16-15-19-9-3-1-4-10-19/h2,5-6,11-12,19,21-23H,1,3-4,7-10,13-18H2,(H2,27,31)(H,28,32)(H,29,30)/t21?,22-,23-/m1/s1. The Morgan fingerprint density at radius 2 is 1.62 bits per heavy atom. The average molecular weight is 442 g/mol. The Hall–Kier alpha value is -2.37. The molecule has 2 aliphatic carbocycles. The monoisotopic (exact) mass is 441 g/mol. The van der Waals surface area contributed by atoms with Crippen LogP contribution in [0.2, 0.25) is 0 Å². The highest BCUT2D eigenvalue weighted by molar-refractivity contribution is 5.86. The maximum atomic E-state index is 13.0. The summed E-state index contributed by atoms with van der Waals surface area (Å²) in [5, 5.41) is 5.78. The van der Waals surface area contributed by atoms with Gasteiger partial charge in [0.15, 0.2) is 0 Å². The van der Waals surface area contributed by atoms with Crippen molar-refractivity contribution in [3.8, 4) is 0 Å². The molecule has 0 spiro atoms. The lowest BCUT2D eigenvalue weighted by atomic mass is 9.83. The summed E-state index contributed by atoms with van der Waals surface area (Å²) in [6, 6.07) is 9.87. The number of hydrogen-bond donors (Lipinski definition) is 3. The number of carbonyl (C=O) groups excluding carboxylic acids is 3. The van der Waals surface area contributed by atoms with E-state index in [1.54, 1.807) is 0 Å². The SMILES string of the molecule is NC(=O)[C@@H]1CCCC[C@H]1NC(=O)CNC(=O)C(CCC1CCCCC1)Cc1ccccc1. The lowest BCUT2D eigenvalue weighted by molar-refractivity contribution is -0.130. The van der Waals surface area contributed by atoms with Crippen LogP contribution in [0.25, 0.3) is 0 Å². The van der Waals surface area contributed by atoms with E-state index in [-0.39, 0.29) is 42.1 Å². The van der Waals surface area contributed by atoms with Crippen molar-refractivity contribution in [2.45, 2.75) is 83.1 Å². The van der Waals surface area contributed by atoms with Crippen LogP contribution in [0.3, 0.4) is 0 Å². The van der Waals surface area contributed by atoms with E-state index in [9.17, 15) is 14.4 Å². The fraction of sp³-hybridized carbons (Fsp3) is 0.654. The number of rotatable bonds is 10. The first kappa shape index (κ1) is 24.3. The molecule has 2 aliphatic rings. The third-order valence-corrected chi connectivity index (χ3v) is 7.24. The zero-order valence-corrected chi connectivity index (χ0v) is 19.2. The molecule has 1 unspecified atom stereocenters. The lowest BCUT2D eigenvalue weighted by Gasteiger charge is -2.30. The Balaban J connectivity index is 1.52. The Bertz CT molecular complexity index is 746. The molecule has 0 heterocycles. The third-order valence-electron chi connectivity index (χ3n) is 7.24. The van der Waals surface area contributed by atoms with Gasteiger partial charge in [-0.25, -0.2) is 0 Å². The number of primary amides is 1. The van der Waals surface area contributed by atoms with Crippen LogP contribution < -0.4 is 16.4 Å². The van der Waals surface area contributed by atoms with E-state index in [4.69, 9.17) is 5.73 Å². The normalized spacial score (nSPS) is 22.6. The number of carbonyl (C=O) groups is 3. The fourth-order valence-corrected chi connectivity index (χ4v) is 5.35. The van der Waals surface area contributed by atoms with Crippen LogP contribution in [0.5, 0.6) is 0 Å². The molecule has 2 saturated carbocycles. The second kappa shape index (κ2) is 12.6. The maximum Gasteiger partial charge on any atom is 0.239 e. The van der Waals surface area contributed by atoms with E-state index < -0.39 is 0 Å². The molecule has 3 amide bonds. The zero-order chi connectivity index (χ0) is 22.8. The molecule has 2 fully saturated rings. The molecule has 0 bridgehead atoms. The fourth-order valence-electron chi connectivity index (χ4n) is 5.35. The van der Waals surface area contributed by atoms with E-state index >= 15 is 0 Å². The van der Waals surface area contributed by atoms with Crippen molar-refractivity contribution >= 4 is 17.7 Å². The van der Waals surface area contributed by atoms with Crippen molar-refractivity contribution in [3.05, 3.63) is 35.9 Å². The summed E-state index contributed by atoms with van der Waals surface area (Å²) >= 11 is 0. The van der Waals surface area contributed by atoms with Crippen molar-refractivity contribution in [2.24, 2.45) is 23.5 Å². The van der Waals surface area contributed by atoms with Gasteiger partial charge in [0.05, 0.1) is 12.5 Å². The molecule has 0 aromatic heterocycles. The van der Waals surface area contributed by atoms with Crippen molar-refractivity contribution in [2.75, 3.05) is 6.54 Å². The second-order valence-electron chi connectivity index (χ2n) is 9.65. The first-order valence-corrected chi connectivity index (χ1v) is 12.4. The van der Waals surface area contributed by atoms with Gasteiger partial charge in [-0.2, -0.15) is 0 Å². The molecule has 3 rings (SSSR count). The van der Waals surface area contributed by atoms with Gasteiger partial charge in [-0.15, -0.1) is 0 Å². The summed E-state index contributed by atoms with van der Waals surface area (Å²) in [7, 11) is 0. The van der Waals surface area contributed by atoms with E-state index in [1.165, 1.54) is 32.1 Å². The predicted octanol–water partition coefficient (Wildman–Crippen LogP) is 3.48. The Labute approximate surface area is 192 Å². The average Bonchev–Trinajstić information content (AvgIpc) is 2.81. The van der Waals surface area contributed by atoms with Gasteiger partial charge in [0.2, 0.25) is 17.7 Å². The van der Waals surface area contributed by atoms with Crippen LogP contribution in [0.4, 0.5) is 0 Å². The molecular formula is C26H39N3O3. The molecule has 6 heteroatoms. The molecule has 176 valence electrons. The lowest BCUT2D eigenvalue weighted by Crippen LogP contribution is -2.50. The first-order chi connectivity index (χ1) is 15.5. The summed E-state index contributed by atoms with van der Waals surface area (Å²) in [5.41, 5.74) is 6.65. The molecule has 6 nitrogen and oxygen atoms in total. The highest BCUT2D eigenvalue weighted by Crippen LogP contribution is 2.29. The summed E-state index contributed by atoms with van der Waals surface area (Å²) in [4.78, 5) is 37.2. The van der Waals surface area contributed by atoms with Gasteiger partial charge in [-0.1, -0.05) is 75.3 Å². The van der Waals surface area contributed by atoms with Crippen LogP contribution in [0.1, 0.15) is 76.2 Å². The summed E-state index contributed by atoms with van der Waals surface area (Å²) in [6.45, 7) is -0.0600. The molecule has 3 atom stereocenters. The van der Waals surface area contributed by atoms with Crippen molar-refractivity contribution in [1.29, 1.82) is 0 Å². The smallest absolute Gasteiger partial charge is 0.239 e. The van der Waals surface area contributed by atoms with Gasteiger partial charge in [0.1, 0.15) is 0 Å². The van der Waals surface area contributed by atoms with Gasteiger partial charge in [0, 0.05) is 12.0 Å². The largest absolute Gasteiger partial charge is 0.369 e. The molecular weight excluding hydrogens is 402 g/mol. The predicted molar refractivity (Wildman–Crippen MR) is 126 cm³/mol. The van der Waals surface area contributed by atoms with E-state index in [0.29, 0.717) is 12.8 Å². The van der Waals surface area contributed by atoms with Crippen LogP contribution >= 0.6 is 0 Å². The van der Waals surface area contributed by atoms with E-state index in [0.717, 1.165) is 43.6 Å². The van der Waals surface area contributed by atoms with Gasteiger partial charge in [0.25, 0.3) is 0 Å².